The van der Waals surface area contributed by atoms with E-state index >= 15 is 0 Å². The average Bonchev–Trinajstić information content (AvgIpc) is 3.32. The van der Waals surface area contributed by atoms with Gasteiger partial charge in [0.15, 0.2) is 5.65 Å². The van der Waals surface area contributed by atoms with Gasteiger partial charge in [0, 0.05) is 43.7 Å². The van der Waals surface area contributed by atoms with Crippen molar-refractivity contribution in [1.82, 2.24) is 24.6 Å². The van der Waals surface area contributed by atoms with Crippen molar-refractivity contribution in [3.63, 3.8) is 0 Å². The summed E-state index contributed by atoms with van der Waals surface area (Å²) in [6.07, 6.45) is 10.5. The van der Waals surface area contributed by atoms with Crippen molar-refractivity contribution >= 4 is 17.5 Å². The van der Waals surface area contributed by atoms with E-state index < -0.39 is 0 Å². The third kappa shape index (κ3) is 4.59. The van der Waals surface area contributed by atoms with E-state index in [0.717, 1.165) is 66.1 Å². The Morgan fingerprint density at radius 2 is 1.94 bits per heavy atom. The van der Waals surface area contributed by atoms with Gasteiger partial charge in [-0.1, -0.05) is 37.3 Å². The summed E-state index contributed by atoms with van der Waals surface area (Å²) in [5.41, 5.74) is 5.34. The number of fused-ring (bicyclic) bond motifs is 1. The van der Waals surface area contributed by atoms with Crippen molar-refractivity contribution in [2.24, 2.45) is 0 Å². The second-order valence-corrected chi connectivity index (χ2v) is 8.75. The number of aryl methyl sites for hydroxylation is 1. The molecule has 1 aromatic carbocycles. The topological polar surface area (TPSA) is 91.5 Å². The SMILES string of the molecule is CCc1cnn2c(NCc3ccc(-c4cccnc4)cc3)nc(N3CCCC[C@@H]3CCO)nc12. The highest BCUT2D eigenvalue weighted by molar-refractivity contribution is 5.62. The summed E-state index contributed by atoms with van der Waals surface area (Å²) >= 11 is 0. The number of aliphatic hydroxyl groups excluding tert-OH is 1. The number of benzene rings is 1. The van der Waals surface area contributed by atoms with E-state index in [-0.39, 0.29) is 12.6 Å². The molecule has 0 unspecified atom stereocenters. The van der Waals surface area contributed by atoms with Crippen molar-refractivity contribution < 1.29 is 5.11 Å². The first-order valence-corrected chi connectivity index (χ1v) is 12.1. The van der Waals surface area contributed by atoms with Crippen molar-refractivity contribution in [2.45, 2.75) is 51.6 Å². The molecule has 0 spiro atoms. The van der Waals surface area contributed by atoms with Crippen LogP contribution in [0.2, 0.25) is 0 Å². The summed E-state index contributed by atoms with van der Waals surface area (Å²) < 4.78 is 1.80. The lowest BCUT2D eigenvalue weighted by atomic mass is 10.0. The summed E-state index contributed by atoms with van der Waals surface area (Å²) in [5.74, 6) is 1.40. The zero-order valence-corrected chi connectivity index (χ0v) is 19.6. The van der Waals surface area contributed by atoms with E-state index in [0.29, 0.717) is 12.5 Å². The molecular weight excluding hydrogens is 426 g/mol. The van der Waals surface area contributed by atoms with Gasteiger partial charge in [0.25, 0.3) is 0 Å². The molecule has 1 saturated heterocycles. The molecule has 0 aliphatic carbocycles. The first-order valence-electron chi connectivity index (χ1n) is 12.1. The van der Waals surface area contributed by atoms with Crippen molar-refractivity contribution in [3.05, 3.63) is 66.1 Å². The maximum absolute atomic E-state index is 9.56. The van der Waals surface area contributed by atoms with E-state index in [2.05, 4.69) is 57.6 Å². The third-order valence-electron chi connectivity index (χ3n) is 6.56. The number of pyridine rings is 1. The zero-order chi connectivity index (χ0) is 23.3. The molecule has 0 radical (unpaired) electrons. The number of rotatable bonds is 8. The first-order chi connectivity index (χ1) is 16.8. The zero-order valence-electron chi connectivity index (χ0n) is 19.6. The lowest BCUT2D eigenvalue weighted by Gasteiger charge is -2.35. The fourth-order valence-electron chi connectivity index (χ4n) is 4.65. The molecule has 0 bridgehead atoms. The van der Waals surface area contributed by atoms with E-state index in [4.69, 9.17) is 9.97 Å². The van der Waals surface area contributed by atoms with Gasteiger partial charge in [0.05, 0.1) is 6.20 Å². The number of piperidine rings is 1. The average molecular weight is 458 g/mol. The van der Waals surface area contributed by atoms with Crippen LogP contribution in [0, 0.1) is 0 Å². The van der Waals surface area contributed by atoms with Gasteiger partial charge < -0.3 is 15.3 Å². The second-order valence-electron chi connectivity index (χ2n) is 8.75. The number of hydrogen-bond donors (Lipinski definition) is 2. The molecule has 0 amide bonds. The minimum atomic E-state index is 0.177. The molecule has 2 N–H and O–H groups in total. The normalized spacial score (nSPS) is 16.2. The van der Waals surface area contributed by atoms with Gasteiger partial charge in [0.2, 0.25) is 11.9 Å². The molecule has 1 fully saturated rings. The molecule has 4 aromatic rings. The lowest BCUT2D eigenvalue weighted by molar-refractivity contribution is 0.261. The molecule has 34 heavy (non-hydrogen) atoms. The monoisotopic (exact) mass is 457 g/mol. The van der Waals surface area contributed by atoms with Gasteiger partial charge in [-0.15, -0.1) is 0 Å². The maximum atomic E-state index is 9.56. The Balaban J connectivity index is 1.41. The molecule has 1 aliphatic heterocycles. The van der Waals surface area contributed by atoms with Crippen LogP contribution in [0.1, 0.15) is 43.7 Å². The summed E-state index contributed by atoms with van der Waals surface area (Å²) in [7, 11) is 0. The maximum Gasteiger partial charge on any atom is 0.230 e. The van der Waals surface area contributed by atoms with Crippen LogP contribution in [0.4, 0.5) is 11.9 Å². The van der Waals surface area contributed by atoms with Gasteiger partial charge in [-0.2, -0.15) is 19.6 Å². The van der Waals surface area contributed by atoms with Gasteiger partial charge in [-0.3, -0.25) is 4.98 Å². The number of anilines is 2. The molecule has 1 aliphatic rings. The van der Waals surface area contributed by atoms with Crippen LogP contribution in [-0.2, 0) is 13.0 Å². The van der Waals surface area contributed by atoms with Crippen molar-refractivity contribution in [2.75, 3.05) is 23.4 Å². The third-order valence-corrected chi connectivity index (χ3v) is 6.56. The Hall–Kier alpha value is -3.52. The largest absolute Gasteiger partial charge is 0.396 e. The van der Waals surface area contributed by atoms with Crippen LogP contribution in [-0.4, -0.2) is 48.9 Å². The Morgan fingerprint density at radius 1 is 1.06 bits per heavy atom. The molecule has 176 valence electrons. The minimum absolute atomic E-state index is 0.177. The fraction of sp³-hybridized carbons (Fsp3) is 0.385. The Bertz CT molecular complexity index is 1220. The van der Waals surface area contributed by atoms with Crippen LogP contribution in [0.5, 0.6) is 0 Å². The van der Waals surface area contributed by atoms with Crippen LogP contribution in [0.25, 0.3) is 16.8 Å². The second kappa shape index (κ2) is 10.2. The summed E-state index contributed by atoms with van der Waals surface area (Å²) in [6.45, 7) is 3.83. The first kappa shape index (κ1) is 22.3. The number of aliphatic hydroxyl groups is 1. The highest BCUT2D eigenvalue weighted by Crippen LogP contribution is 2.26. The number of nitrogens with zero attached hydrogens (tertiary/aromatic N) is 6. The predicted molar refractivity (Wildman–Crippen MR) is 134 cm³/mol. The molecule has 8 nitrogen and oxygen atoms in total. The minimum Gasteiger partial charge on any atom is -0.396 e. The van der Waals surface area contributed by atoms with E-state index in [1.54, 1.807) is 10.7 Å². The number of nitrogens with one attached hydrogen (secondary N) is 1. The Kier molecular flexibility index (Phi) is 6.67. The van der Waals surface area contributed by atoms with Gasteiger partial charge in [0.1, 0.15) is 0 Å². The molecule has 3 aromatic heterocycles. The Morgan fingerprint density at radius 3 is 2.71 bits per heavy atom. The number of hydrogen-bond acceptors (Lipinski definition) is 7. The van der Waals surface area contributed by atoms with Crippen LogP contribution < -0.4 is 10.2 Å². The standard InChI is InChI=1S/C26H31N7O/c1-2-20-18-29-33-24(20)30-26(32-14-4-3-7-23(32)12-15-34)31-25(33)28-16-19-8-10-21(11-9-19)22-6-5-13-27-17-22/h5-6,8-11,13,17-18,23,34H,2-4,7,12,14-16H2,1H3,(H,28,30,31)/t23-/m1/s1. The van der Waals surface area contributed by atoms with Crippen LogP contribution in [0.15, 0.2) is 55.0 Å². The highest BCUT2D eigenvalue weighted by atomic mass is 16.3. The smallest absolute Gasteiger partial charge is 0.230 e. The molecule has 0 saturated carbocycles. The molecule has 4 heterocycles. The Labute approximate surface area is 199 Å². The van der Waals surface area contributed by atoms with Crippen molar-refractivity contribution in [1.29, 1.82) is 0 Å². The molecular formula is C26H31N7O. The van der Waals surface area contributed by atoms with Gasteiger partial charge in [-0.25, -0.2) is 0 Å². The van der Waals surface area contributed by atoms with E-state index in [1.807, 2.05) is 18.5 Å². The number of aromatic nitrogens is 5. The van der Waals surface area contributed by atoms with Gasteiger partial charge in [-0.05, 0) is 54.9 Å². The summed E-state index contributed by atoms with van der Waals surface area (Å²) in [5, 5.41) is 17.6. The quantitative estimate of drug-likeness (QED) is 0.412. The lowest BCUT2D eigenvalue weighted by Crippen LogP contribution is -2.41. The fourth-order valence-corrected chi connectivity index (χ4v) is 4.65. The molecule has 1 atom stereocenters. The van der Waals surface area contributed by atoms with Crippen molar-refractivity contribution in [3.8, 4) is 11.1 Å². The molecule has 5 rings (SSSR count). The van der Waals surface area contributed by atoms with E-state index in [1.165, 1.54) is 6.42 Å². The summed E-state index contributed by atoms with van der Waals surface area (Å²) in [4.78, 5) is 16.3. The van der Waals surface area contributed by atoms with E-state index in [9.17, 15) is 5.11 Å². The van der Waals surface area contributed by atoms with Crippen LogP contribution >= 0.6 is 0 Å². The molecule has 8 heteroatoms. The van der Waals surface area contributed by atoms with Gasteiger partial charge >= 0.3 is 0 Å². The van der Waals surface area contributed by atoms with Crippen LogP contribution in [0.3, 0.4) is 0 Å². The highest BCUT2D eigenvalue weighted by Gasteiger charge is 2.26. The predicted octanol–water partition coefficient (Wildman–Crippen LogP) is 4.10. The summed E-state index contributed by atoms with van der Waals surface area (Å²) in [6, 6.07) is 12.8.